The molecule has 0 fully saturated rings. The molecule has 0 saturated heterocycles. The van der Waals surface area contributed by atoms with Gasteiger partial charge in [0.1, 0.15) is 5.76 Å². The van der Waals surface area contributed by atoms with Crippen molar-refractivity contribution in [2.24, 2.45) is 4.99 Å². The average Bonchev–Trinajstić information content (AvgIpc) is 2.37. The van der Waals surface area contributed by atoms with E-state index >= 15 is 0 Å². The number of hydrogen-bond donors (Lipinski definition) is 0. The maximum atomic E-state index is 9.66. The molecule has 0 saturated carbocycles. The van der Waals surface area contributed by atoms with Crippen LogP contribution in [0.4, 0.5) is 0 Å². The molecule has 0 N–H and O–H groups in total. The van der Waals surface area contributed by atoms with Crippen LogP contribution in [0, 0.1) is 6.92 Å². The molecule has 1 aromatic rings. The summed E-state index contributed by atoms with van der Waals surface area (Å²) in [4.78, 5) is 13.1. The zero-order valence-corrected chi connectivity index (χ0v) is 6.20. The number of aliphatic imine (C=N–C) groups is 1. The summed E-state index contributed by atoms with van der Waals surface area (Å²) in [5.41, 5.74) is 0.821. The van der Waals surface area contributed by atoms with Gasteiger partial charge in [-0.2, -0.15) is 0 Å². The number of aromatic nitrogens is 1. The Bertz CT molecular complexity index is 274. The van der Waals surface area contributed by atoms with Crippen molar-refractivity contribution in [2.45, 2.75) is 13.3 Å². The molecular formula is C7H8N2O2. The van der Waals surface area contributed by atoms with E-state index in [0.29, 0.717) is 13.0 Å². The molecule has 1 rings (SSSR count). The summed E-state index contributed by atoms with van der Waals surface area (Å²) in [5.74, 6) is 0.773. The summed E-state index contributed by atoms with van der Waals surface area (Å²) in [6.07, 6.45) is 2.09. The molecule has 0 radical (unpaired) electrons. The van der Waals surface area contributed by atoms with Gasteiger partial charge in [0, 0.05) is 12.5 Å². The van der Waals surface area contributed by atoms with Crippen molar-refractivity contribution in [1.29, 1.82) is 0 Å². The second kappa shape index (κ2) is 3.68. The number of nitrogens with zero attached hydrogens (tertiary/aromatic N) is 2. The first-order valence-electron chi connectivity index (χ1n) is 3.29. The van der Waals surface area contributed by atoms with E-state index in [9.17, 15) is 4.79 Å². The summed E-state index contributed by atoms with van der Waals surface area (Å²) in [6.45, 7) is 2.25. The van der Waals surface area contributed by atoms with Gasteiger partial charge in [-0.15, -0.1) is 0 Å². The van der Waals surface area contributed by atoms with Gasteiger partial charge in [-0.25, -0.2) is 9.79 Å². The highest BCUT2D eigenvalue weighted by Gasteiger charge is 1.97. The SMILES string of the molecule is Cc1cc(CCN=C=O)no1. The van der Waals surface area contributed by atoms with Crippen LogP contribution in [0.1, 0.15) is 11.5 Å². The summed E-state index contributed by atoms with van der Waals surface area (Å²) < 4.78 is 4.80. The van der Waals surface area contributed by atoms with Crippen LogP contribution in [0.2, 0.25) is 0 Å². The largest absolute Gasteiger partial charge is 0.361 e. The summed E-state index contributed by atoms with van der Waals surface area (Å²) in [5, 5.41) is 3.72. The van der Waals surface area contributed by atoms with Crippen LogP contribution in [0.5, 0.6) is 0 Å². The fourth-order valence-corrected chi connectivity index (χ4v) is 0.752. The van der Waals surface area contributed by atoms with E-state index in [-0.39, 0.29) is 0 Å². The highest BCUT2D eigenvalue weighted by molar-refractivity contribution is 5.32. The highest BCUT2D eigenvalue weighted by atomic mass is 16.5. The normalized spacial score (nSPS) is 9.18. The van der Waals surface area contributed by atoms with Crippen LogP contribution in [-0.2, 0) is 11.2 Å². The van der Waals surface area contributed by atoms with Crippen molar-refractivity contribution in [2.75, 3.05) is 6.54 Å². The minimum atomic E-state index is 0.426. The van der Waals surface area contributed by atoms with E-state index in [1.807, 2.05) is 13.0 Å². The molecule has 0 unspecified atom stereocenters. The van der Waals surface area contributed by atoms with E-state index in [4.69, 9.17) is 4.52 Å². The number of isocyanates is 1. The standard InChI is InChI=1S/C7H8N2O2/c1-6-4-7(9-11-6)2-3-8-5-10/h4H,2-3H2,1H3. The summed E-state index contributed by atoms with van der Waals surface area (Å²) in [7, 11) is 0. The first kappa shape index (κ1) is 7.69. The van der Waals surface area contributed by atoms with Crippen molar-refractivity contribution in [1.82, 2.24) is 5.16 Å². The lowest BCUT2D eigenvalue weighted by Crippen LogP contribution is -1.87. The van der Waals surface area contributed by atoms with E-state index in [0.717, 1.165) is 11.5 Å². The Balaban J connectivity index is 2.44. The monoisotopic (exact) mass is 152 g/mol. The van der Waals surface area contributed by atoms with Crippen LogP contribution in [0.3, 0.4) is 0 Å². The molecule has 0 bridgehead atoms. The average molecular weight is 152 g/mol. The number of aryl methyl sites for hydroxylation is 1. The molecule has 0 aromatic carbocycles. The van der Waals surface area contributed by atoms with Gasteiger partial charge in [0.15, 0.2) is 0 Å². The molecule has 4 nitrogen and oxygen atoms in total. The minimum absolute atomic E-state index is 0.426. The van der Waals surface area contributed by atoms with Crippen LogP contribution < -0.4 is 0 Å². The van der Waals surface area contributed by atoms with Crippen molar-refractivity contribution in [3.05, 3.63) is 17.5 Å². The molecule has 0 aliphatic rings. The molecule has 0 aliphatic heterocycles. The zero-order chi connectivity index (χ0) is 8.10. The fourth-order valence-electron chi connectivity index (χ4n) is 0.752. The van der Waals surface area contributed by atoms with Gasteiger partial charge in [0.2, 0.25) is 6.08 Å². The maximum absolute atomic E-state index is 9.66. The Morgan fingerprint density at radius 3 is 3.18 bits per heavy atom. The molecule has 0 atom stereocenters. The minimum Gasteiger partial charge on any atom is -0.361 e. The van der Waals surface area contributed by atoms with Crippen molar-refractivity contribution >= 4 is 6.08 Å². The predicted molar refractivity (Wildman–Crippen MR) is 37.9 cm³/mol. The molecule has 1 aromatic heterocycles. The van der Waals surface area contributed by atoms with Gasteiger partial charge in [-0.1, -0.05) is 5.16 Å². The second-order valence-corrected chi connectivity index (χ2v) is 2.15. The van der Waals surface area contributed by atoms with Gasteiger partial charge in [-0.05, 0) is 6.92 Å². The van der Waals surface area contributed by atoms with Crippen LogP contribution in [0.25, 0.3) is 0 Å². The van der Waals surface area contributed by atoms with Crippen LogP contribution in [-0.4, -0.2) is 17.8 Å². The summed E-state index contributed by atoms with van der Waals surface area (Å²) in [6, 6.07) is 1.82. The van der Waals surface area contributed by atoms with Crippen molar-refractivity contribution in [3.63, 3.8) is 0 Å². The van der Waals surface area contributed by atoms with Gasteiger partial charge in [0.05, 0.1) is 12.2 Å². The molecular weight excluding hydrogens is 144 g/mol. The van der Waals surface area contributed by atoms with Gasteiger partial charge in [0.25, 0.3) is 0 Å². The predicted octanol–water partition coefficient (Wildman–Crippen LogP) is 0.861. The first-order valence-corrected chi connectivity index (χ1v) is 3.29. The number of rotatable bonds is 3. The molecule has 1 heterocycles. The molecule has 0 aliphatic carbocycles. The molecule has 11 heavy (non-hydrogen) atoms. The van der Waals surface area contributed by atoms with Crippen LogP contribution >= 0.6 is 0 Å². The maximum Gasteiger partial charge on any atom is 0.234 e. The Labute approximate surface area is 63.9 Å². The third-order valence-electron chi connectivity index (χ3n) is 1.22. The first-order chi connectivity index (χ1) is 5.33. The van der Waals surface area contributed by atoms with Crippen LogP contribution in [0.15, 0.2) is 15.6 Å². The molecule has 0 spiro atoms. The van der Waals surface area contributed by atoms with E-state index in [1.165, 1.54) is 6.08 Å². The highest BCUT2D eigenvalue weighted by Crippen LogP contribution is 2.01. The van der Waals surface area contributed by atoms with E-state index in [2.05, 4.69) is 10.1 Å². The Morgan fingerprint density at radius 1 is 1.82 bits per heavy atom. The number of hydrogen-bond acceptors (Lipinski definition) is 4. The lowest BCUT2D eigenvalue weighted by Gasteiger charge is -1.83. The molecule has 58 valence electrons. The summed E-state index contributed by atoms with van der Waals surface area (Å²) >= 11 is 0. The number of carbonyl (C=O) groups excluding carboxylic acids is 1. The smallest absolute Gasteiger partial charge is 0.234 e. The quantitative estimate of drug-likeness (QED) is 0.476. The Morgan fingerprint density at radius 2 is 2.64 bits per heavy atom. The molecule has 0 amide bonds. The Kier molecular flexibility index (Phi) is 2.58. The van der Waals surface area contributed by atoms with Crippen molar-refractivity contribution < 1.29 is 9.32 Å². The van der Waals surface area contributed by atoms with Gasteiger partial charge in [-0.3, -0.25) is 0 Å². The lowest BCUT2D eigenvalue weighted by molar-refractivity contribution is 0.390. The Hall–Kier alpha value is -1.41. The van der Waals surface area contributed by atoms with Crippen molar-refractivity contribution in [3.8, 4) is 0 Å². The second-order valence-electron chi connectivity index (χ2n) is 2.15. The van der Waals surface area contributed by atoms with Gasteiger partial charge >= 0.3 is 0 Å². The third kappa shape index (κ3) is 2.35. The fraction of sp³-hybridized carbons (Fsp3) is 0.429. The van der Waals surface area contributed by atoms with E-state index < -0.39 is 0 Å². The topological polar surface area (TPSA) is 55.5 Å². The van der Waals surface area contributed by atoms with E-state index in [1.54, 1.807) is 0 Å². The lowest BCUT2D eigenvalue weighted by atomic mass is 10.3. The van der Waals surface area contributed by atoms with Gasteiger partial charge < -0.3 is 4.52 Å². The molecule has 4 heteroatoms. The third-order valence-corrected chi connectivity index (χ3v) is 1.22. The zero-order valence-electron chi connectivity index (χ0n) is 6.20.